The summed E-state index contributed by atoms with van der Waals surface area (Å²) in [6.07, 6.45) is 2.33. The van der Waals surface area contributed by atoms with E-state index in [1.165, 1.54) is 17.5 Å². The van der Waals surface area contributed by atoms with E-state index in [1.54, 1.807) is 0 Å². The van der Waals surface area contributed by atoms with Gasteiger partial charge in [0.1, 0.15) is 0 Å². The number of anilines is 1. The summed E-state index contributed by atoms with van der Waals surface area (Å²) in [5.41, 5.74) is 3.66. The molecular formula is C17H19ClIN. The van der Waals surface area contributed by atoms with Crippen LogP contribution in [0.15, 0.2) is 42.5 Å². The first-order valence-electron chi connectivity index (χ1n) is 6.90. The SMILES string of the molecule is CCCc1ccc(C(C)Nc2ccc(I)cc2Cl)cc1. The van der Waals surface area contributed by atoms with Crippen LogP contribution in [0.25, 0.3) is 0 Å². The van der Waals surface area contributed by atoms with Crippen LogP contribution < -0.4 is 5.32 Å². The van der Waals surface area contributed by atoms with Gasteiger partial charge < -0.3 is 5.32 Å². The molecule has 0 amide bonds. The maximum atomic E-state index is 6.26. The number of hydrogen-bond donors (Lipinski definition) is 1. The fourth-order valence-corrected chi connectivity index (χ4v) is 3.10. The number of hydrogen-bond acceptors (Lipinski definition) is 1. The molecule has 0 aliphatic heterocycles. The van der Waals surface area contributed by atoms with Crippen LogP contribution >= 0.6 is 34.2 Å². The Morgan fingerprint density at radius 1 is 1.15 bits per heavy atom. The molecule has 0 spiro atoms. The second-order valence-corrected chi connectivity index (χ2v) is 6.63. The Labute approximate surface area is 139 Å². The molecule has 0 aromatic heterocycles. The minimum atomic E-state index is 0.239. The Hall–Kier alpha value is -0.740. The van der Waals surface area contributed by atoms with Gasteiger partial charge >= 0.3 is 0 Å². The highest BCUT2D eigenvalue weighted by Crippen LogP contribution is 2.27. The zero-order chi connectivity index (χ0) is 14.5. The first-order chi connectivity index (χ1) is 9.60. The molecule has 2 rings (SSSR count). The highest BCUT2D eigenvalue weighted by atomic mass is 127. The molecule has 1 N–H and O–H groups in total. The molecule has 0 radical (unpaired) electrons. The highest BCUT2D eigenvalue weighted by molar-refractivity contribution is 14.1. The number of rotatable bonds is 5. The normalized spacial score (nSPS) is 12.2. The van der Waals surface area contributed by atoms with Crippen molar-refractivity contribution < 1.29 is 0 Å². The van der Waals surface area contributed by atoms with Gasteiger partial charge in [-0.2, -0.15) is 0 Å². The molecule has 0 fully saturated rings. The zero-order valence-corrected chi connectivity index (χ0v) is 14.7. The van der Waals surface area contributed by atoms with Crippen molar-refractivity contribution in [3.05, 3.63) is 62.2 Å². The summed E-state index contributed by atoms with van der Waals surface area (Å²) >= 11 is 8.53. The third kappa shape index (κ3) is 4.13. The van der Waals surface area contributed by atoms with Gasteiger partial charge in [0.2, 0.25) is 0 Å². The fourth-order valence-electron chi connectivity index (χ4n) is 2.18. The van der Waals surface area contributed by atoms with Crippen molar-refractivity contribution in [3.63, 3.8) is 0 Å². The second kappa shape index (κ2) is 7.32. The predicted octanol–water partition coefficient (Wildman–Crippen LogP) is 6.07. The minimum absolute atomic E-state index is 0.239. The van der Waals surface area contributed by atoms with Crippen LogP contribution in [0.4, 0.5) is 5.69 Å². The maximum Gasteiger partial charge on any atom is 0.0648 e. The summed E-state index contributed by atoms with van der Waals surface area (Å²) in [6.45, 7) is 4.36. The largest absolute Gasteiger partial charge is 0.377 e. The molecule has 1 unspecified atom stereocenters. The molecule has 0 aliphatic carbocycles. The number of aryl methyl sites for hydroxylation is 1. The smallest absolute Gasteiger partial charge is 0.0648 e. The van der Waals surface area contributed by atoms with Crippen LogP contribution in [-0.2, 0) is 6.42 Å². The summed E-state index contributed by atoms with van der Waals surface area (Å²) in [5, 5.41) is 4.24. The van der Waals surface area contributed by atoms with Gasteiger partial charge in [0.25, 0.3) is 0 Å². The number of benzene rings is 2. The molecule has 0 saturated carbocycles. The van der Waals surface area contributed by atoms with E-state index in [2.05, 4.69) is 72.1 Å². The molecule has 106 valence electrons. The lowest BCUT2D eigenvalue weighted by molar-refractivity contribution is 0.876. The molecule has 0 saturated heterocycles. The number of halogens is 2. The average Bonchev–Trinajstić information content (AvgIpc) is 2.43. The van der Waals surface area contributed by atoms with E-state index < -0.39 is 0 Å². The van der Waals surface area contributed by atoms with Gasteiger partial charge in [-0.3, -0.25) is 0 Å². The molecule has 0 aliphatic rings. The number of nitrogens with one attached hydrogen (secondary N) is 1. The van der Waals surface area contributed by atoms with E-state index in [9.17, 15) is 0 Å². The molecule has 3 heteroatoms. The minimum Gasteiger partial charge on any atom is -0.377 e. The van der Waals surface area contributed by atoms with Gasteiger partial charge in [-0.15, -0.1) is 0 Å². The van der Waals surface area contributed by atoms with Crippen LogP contribution in [-0.4, -0.2) is 0 Å². The van der Waals surface area contributed by atoms with E-state index >= 15 is 0 Å². The average molecular weight is 400 g/mol. The molecule has 20 heavy (non-hydrogen) atoms. The second-order valence-electron chi connectivity index (χ2n) is 4.98. The van der Waals surface area contributed by atoms with Crippen molar-refractivity contribution in [3.8, 4) is 0 Å². The van der Waals surface area contributed by atoms with Gasteiger partial charge in [-0.05, 0) is 65.3 Å². The van der Waals surface area contributed by atoms with Gasteiger partial charge in [-0.25, -0.2) is 0 Å². The molecule has 1 atom stereocenters. The molecule has 2 aromatic rings. The fraction of sp³-hybridized carbons (Fsp3) is 0.294. The van der Waals surface area contributed by atoms with Gasteiger partial charge in [0, 0.05) is 9.61 Å². The van der Waals surface area contributed by atoms with E-state index in [4.69, 9.17) is 11.6 Å². The van der Waals surface area contributed by atoms with Crippen molar-refractivity contribution in [2.75, 3.05) is 5.32 Å². The van der Waals surface area contributed by atoms with Crippen LogP contribution in [0, 0.1) is 3.57 Å². The Morgan fingerprint density at radius 3 is 2.45 bits per heavy atom. The van der Waals surface area contributed by atoms with Gasteiger partial charge in [0.05, 0.1) is 10.7 Å². The quantitative estimate of drug-likeness (QED) is 0.602. The lowest BCUT2D eigenvalue weighted by Gasteiger charge is -2.17. The third-order valence-electron chi connectivity index (χ3n) is 3.32. The zero-order valence-electron chi connectivity index (χ0n) is 11.8. The van der Waals surface area contributed by atoms with E-state index in [0.29, 0.717) is 0 Å². The Morgan fingerprint density at radius 2 is 1.85 bits per heavy atom. The standard InChI is InChI=1S/C17H19ClIN/c1-3-4-13-5-7-14(8-6-13)12(2)20-17-10-9-15(19)11-16(17)18/h5-12,20H,3-4H2,1-2H3. The van der Waals surface area contributed by atoms with Crippen LogP contribution in [0.5, 0.6) is 0 Å². The summed E-state index contributed by atoms with van der Waals surface area (Å²) in [7, 11) is 0. The van der Waals surface area contributed by atoms with Crippen LogP contribution in [0.2, 0.25) is 5.02 Å². The third-order valence-corrected chi connectivity index (χ3v) is 4.31. The Bertz CT molecular complexity index is 566. The van der Waals surface area contributed by atoms with Crippen LogP contribution in [0.3, 0.4) is 0 Å². The summed E-state index contributed by atoms with van der Waals surface area (Å²) in [5.74, 6) is 0. The van der Waals surface area contributed by atoms with E-state index in [-0.39, 0.29) is 6.04 Å². The lowest BCUT2D eigenvalue weighted by Crippen LogP contribution is -2.07. The molecule has 1 nitrogen and oxygen atoms in total. The van der Waals surface area contributed by atoms with Crippen molar-refractivity contribution in [1.82, 2.24) is 0 Å². The first-order valence-corrected chi connectivity index (χ1v) is 8.36. The summed E-state index contributed by atoms with van der Waals surface area (Å²) < 4.78 is 1.15. The Balaban J connectivity index is 2.09. The molecular weight excluding hydrogens is 381 g/mol. The van der Waals surface area contributed by atoms with E-state index in [0.717, 1.165) is 20.7 Å². The lowest BCUT2D eigenvalue weighted by atomic mass is 10.0. The monoisotopic (exact) mass is 399 g/mol. The molecule has 0 heterocycles. The van der Waals surface area contributed by atoms with Crippen molar-refractivity contribution in [1.29, 1.82) is 0 Å². The van der Waals surface area contributed by atoms with Crippen molar-refractivity contribution in [2.45, 2.75) is 32.7 Å². The van der Waals surface area contributed by atoms with Crippen molar-refractivity contribution >= 4 is 39.9 Å². The molecule has 0 bridgehead atoms. The van der Waals surface area contributed by atoms with Gasteiger partial charge in [0.15, 0.2) is 0 Å². The highest BCUT2D eigenvalue weighted by Gasteiger charge is 2.08. The summed E-state index contributed by atoms with van der Waals surface area (Å²) in [4.78, 5) is 0. The summed E-state index contributed by atoms with van der Waals surface area (Å²) in [6, 6.07) is 15.1. The molecule has 2 aromatic carbocycles. The van der Waals surface area contributed by atoms with Crippen molar-refractivity contribution in [2.24, 2.45) is 0 Å². The van der Waals surface area contributed by atoms with E-state index in [1.807, 2.05) is 12.1 Å². The topological polar surface area (TPSA) is 12.0 Å². The Kier molecular flexibility index (Phi) is 5.73. The first kappa shape index (κ1) is 15.6. The van der Waals surface area contributed by atoms with Crippen LogP contribution in [0.1, 0.15) is 37.4 Å². The maximum absolute atomic E-state index is 6.26. The predicted molar refractivity (Wildman–Crippen MR) is 96.6 cm³/mol. The van der Waals surface area contributed by atoms with Gasteiger partial charge in [-0.1, -0.05) is 49.2 Å².